The molecule has 1 fully saturated rings. The van der Waals surface area contributed by atoms with Gasteiger partial charge in [-0.05, 0) is 18.2 Å². The fourth-order valence-corrected chi connectivity index (χ4v) is 1.70. The van der Waals surface area contributed by atoms with Gasteiger partial charge in [-0.1, -0.05) is 0 Å². The lowest BCUT2D eigenvalue weighted by Gasteiger charge is -2.27. The standard InChI is InChI=1S/C12H16N2O4/c1-17-9-2-3-11(15)10(8-9)12(16)13-14-4-6-18-7-5-14/h2-3,8,15H,4-7H2,1H3,(H,13,16). The third kappa shape index (κ3) is 2.91. The number of nitrogens with one attached hydrogen (secondary N) is 1. The first-order valence-corrected chi connectivity index (χ1v) is 5.71. The molecule has 6 nitrogen and oxygen atoms in total. The Hall–Kier alpha value is -1.79. The molecule has 0 unspecified atom stereocenters. The number of rotatable bonds is 3. The number of phenolic OH excluding ortho intramolecular Hbond substituents is 1. The van der Waals surface area contributed by atoms with Crippen LogP contribution in [0.4, 0.5) is 0 Å². The Morgan fingerprint density at radius 1 is 1.44 bits per heavy atom. The van der Waals surface area contributed by atoms with Gasteiger partial charge in [-0.15, -0.1) is 0 Å². The van der Waals surface area contributed by atoms with E-state index >= 15 is 0 Å². The number of nitrogens with zero attached hydrogens (tertiary/aromatic N) is 1. The van der Waals surface area contributed by atoms with Gasteiger partial charge in [0.2, 0.25) is 0 Å². The summed E-state index contributed by atoms with van der Waals surface area (Å²) >= 11 is 0. The van der Waals surface area contributed by atoms with E-state index in [1.165, 1.54) is 19.2 Å². The molecule has 1 aliphatic rings. The van der Waals surface area contributed by atoms with Gasteiger partial charge in [0.15, 0.2) is 0 Å². The van der Waals surface area contributed by atoms with Crippen molar-refractivity contribution in [2.45, 2.75) is 0 Å². The molecule has 0 aromatic heterocycles. The molecule has 1 amide bonds. The second-order valence-corrected chi connectivity index (χ2v) is 3.92. The number of hydrazine groups is 1. The van der Waals surface area contributed by atoms with Crippen LogP contribution in [0.5, 0.6) is 11.5 Å². The van der Waals surface area contributed by atoms with Crippen LogP contribution in [-0.4, -0.2) is 49.4 Å². The maximum absolute atomic E-state index is 12.0. The fourth-order valence-electron chi connectivity index (χ4n) is 1.70. The molecule has 2 N–H and O–H groups in total. The van der Waals surface area contributed by atoms with Gasteiger partial charge in [-0.3, -0.25) is 10.2 Å². The van der Waals surface area contributed by atoms with E-state index in [0.29, 0.717) is 32.1 Å². The Bertz CT molecular complexity index is 430. The minimum absolute atomic E-state index is 0.0680. The maximum atomic E-state index is 12.0. The molecule has 1 saturated heterocycles. The number of aromatic hydroxyl groups is 1. The number of carbonyl (C=O) groups excluding carboxylic acids is 1. The highest BCUT2D eigenvalue weighted by molar-refractivity contribution is 5.96. The zero-order valence-electron chi connectivity index (χ0n) is 10.2. The lowest BCUT2D eigenvalue weighted by Crippen LogP contribution is -2.48. The van der Waals surface area contributed by atoms with Crippen LogP contribution >= 0.6 is 0 Å². The first-order chi connectivity index (χ1) is 8.70. The van der Waals surface area contributed by atoms with Crippen LogP contribution in [0.1, 0.15) is 10.4 Å². The highest BCUT2D eigenvalue weighted by Gasteiger charge is 2.17. The first kappa shape index (κ1) is 12.7. The number of hydrogen-bond acceptors (Lipinski definition) is 5. The van der Waals surface area contributed by atoms with Crippen LogP contribution in [0.2, 0.25) is 0 Å². The fraction of sp³-hybridized carbons (Fsp3) is 0.417. The molecule has 0 radical (unpaired) electrons. The van der Waals surface area contributed by atoms with Crippen molar-refractivity contribution in [3.8, 4) is 11.5 Å². The normalized spacial score (nSPS) is 16.3. The maximum Gasteiger partial charge on any atom is 0.269 e. The van der Waals surface area contributed by atoms with Crippen molar-refractivity contribution < 1.29 is 19.4 Å². The summed E-state index contributed by atoms with van der Waals surface area (Å²) in [4.78, 5) is 12.0. The van der Waals surface area contributed by atoms with Crippen molar-refractivity contribution in [2.75, 3.05) is 33.4 Å². The zero-order chi connectivity index (χ0) is 13.0. The van der Waals surface area contributed by atoms with Gasteiger partial charge in [0, 0.05) is 13.1 Å². The number of morpholine rings is 1. The quantitative estimate of drug-likeness (QED) is 0.813. The number of carbonyl (C=O) groups is 1. The van der Waals surface area contributed by atoms with Crippen LogP contribution in [-0.2, 0) is 4.74 Å². The molecule has 0 atom stereocenters. The number of phenols is 1. The van der Waals surface area contributed by atoms with Gasteiger partial charge in [0.05, 0.1) is 25.9 Å². The molecular formula is C12H16N2O4. The Kier molecular flexibility index (Phi) is 4.01. The van der Waals surface area contributed by atoms with E-state index in [4.69, 9.17) is 9.47 Å². The van der Waals surface area contributed by atoms with E-state index in [0.717, 1.165) is 0 Å². The minimum Gasteiger partial charge on any atom is -0.507 e. The minimum atomic E-state index is -0.353. The molecule has 1 heterocycles. The van der Waals surface area contributed by atoms with Crippen LogP contribution in [0.15, 0.2) is 18.2 Å². The summed E-state index contributed by atoms with van der Waals surface area (Å²) in [6, 6.07) is 4.54. The predicted octanol–water partition coefficient (Wildman–Crippen LogP) is 0.378. The molecule has 1 aromatic rings. The van der Waals surface area contributed by atoms with Crippen molar-refractivity contribution >= 4 is 5.91 Å². The Labute approximate surface area is 105 Å². The van der Waals surface area contributed by atoms with Crippen molar-refractivity contribution in [1.82, 2.24) is 10.4 Å². The van der Waals surface area contributed by atoms with Crippen molar-refractivity contribution in [2.24, 2.45) is 0 Å². The Balaban J connectivity index is 2.07. The number of hydrogen-bond donors (Lipinski definition) is 2. The Morgan fingerprint density at radius 2 is 2.17 bits per heavy atom. The van der Waals surface area contributed by atoms with Crippen molar-refractivity contribution in [3.05, 3.63) is 23.8 Å². The summed E-state index contributed by atoms with van der Waals surface area (Å²) in [7, 11) is 1.51. The topological polar surface area (TPSA) is 71.0 Å². The number of amides is 1. The molecule has 6 heteroatoms. The van der Waals surface area contributed by atoms with E-state index in [-0.39, 0.29) is 17.2 Å². The molecule has 0 bridgehead atoms. The number of benzene rings is 1. The molecule has 18 heavy (non-hydrogen) atoms. The third-order valence-corrected chi connectivity index (χ3v) is 2.72. The van der Waals surface area contributed by atoms with Crippen LogP contribution in [0, 0.1) is 0 Å². The monoisotopic (exact) mass is 252 g/mol. The molecule has 2 rings (SSSR count). The van der Waals surface area contributed by atoms with Gasteiger partial charge in [0.1, 0.15) is 11.5 Å². The smallest absolute Gasteiger partial charge is 0.269 e. The lowest BCUT2D eigenvalue weighted by atomic mass is 10.2. The average molecular weight is 252 g/mol. The molecule has 0 spiro atoms. The summed E-state index contributed by atoms with van der Waals surface area (Å²) in [5, 5.41) is 11.4. The van der Waals surface area contributed by atoms with Crippen LogP contribution < -0.4 is 10.2 Å². The molecule has 0 saturated carbocycles. The second kappa shape index (κ2) is 5.70. The summed E-state index contributed by atoms with van der Waals surface area (Å²) in [6.07, 6.45) is 0. The largest absolute Gasteiger partial charge is 0.507 e. The molecule has 1 aliphatic heterocycles. The second-order valence-electron chi connectivity index (χ2n) is 3.92. The van der Waals surface area contributed by atoms with E-state index < -0.39 is 0 Å². The number of methoxy groups -OCH3 is 1. The van der Waals surface area contributed by atoms with Gasteiger partial charge < -0.3 is 14.6 Å². The SMILES string of the molecule is COc1ccc(O)c(C(=O)NN2CCOCC2)c1. The van der Waals surface area contributed by atoms with Crippen molar-refractivity contribution in [1.29, 1.82) is 0 Å². The van der Waals surface area contributed by atoms with Gasteiger partial charge >= 0.3 is 0 Å². The van der Waals surface area contributed by atoms with Crippen LogP contribution in [0.3, 0.4) is 0 Å². The van der Waals surface area contributed by atoms with E-state index in [1.807, 2.05) is 0 Å². The summed E-state index contributed by atoms with van der Waals surface area (Å²) in [5.74, 6) is 0.106. The van der Waals surface area contributed by atoms with Gasteiger partial charge in [0.25, 0.3) is 5.91 Å². The van der Waals surface area contributed by atoms with Crippen molar-refractivity contribution in [3.63, 3.8) is 0 Å². The zero-order valence-corrected chi connectivity index (χ0v) is 10.2. The highest BCUT2D eigenvalue weighted by atomic mass is 16.5. The molecule has 0 aliphatic carbocycles. The van der Waals surface area contributed by atoms with Gasteiger partial charge in [-0.25, -0.2) is 5.01 Å². The lowest BCUT2D eigenvalue weighted by molar-refractivity contribution is 0.0125. The molecular weight excluding hydrogens is 236 g/mol. The first-order valence-electron chi connectivity index (χ1n) is 5.71. The molecule has 1 aromatic carbocycles. The Morgan fingerprint density at radius 3 is 2.83 bits per heavy atom. The summed E-state index contributed by atoms with van der Waals surface area (Å²) in [5.41, 5.74) is 2.92. The summed E-state index contributed by atoms with van der Waals surface area (Å²) < 4.78 is 10.2. The van der Waals surface area contributed by atoms with E-state index in [1.54, 1.807) is 11.1 Å². The average Bonchev–Trinajstić information content (AvgIpc) is 2.40. The van der Waals surface area contributed by atoms with E-state index in [2.05, 4.69) is 5.43 Å². The van der Waals surface area contributed by atoms with Crippen LogP contribution in [0.25, 0.3) is 0 Å². The third-order valence-electron chi connectivity index (χ3n) is 2.72. The summed E-state index contributed by atoms with van der Waals surface area (Å²) in [6.45, 7) is 2.45. The number of ether oxygens (including phenoxy) is 2. The highest BCUT2D eigenvalue weighted by Crippen LogP contribution is 2.22. The van der Waals surface area contributed by atoms with E-state index in [9.17, 15) is 9.90 Å². The molecule has 98 valence electrons. The predicted molar refractivity (Wildman–Crippen MR) is 64.5 cm³/mol. The van der Waals surface area contributed by atoms with Gasteiger partial charge in [-0.2, -0.15) is 0 Å².